The quantitative estimate of drug-likeness (QED) is 0.278. The van der Waals surface area contributed by atoms with E-state index in [9.17, 15) is 0 Å². The van der Waals surface area contributed by atoms with Gasteiger partial charge in [-0.05, 0) is 60.4 Å². The van der Waals surface area contributed by atoms with Crippen molar-refractivity contribution in [2.75, 3.05) is 0 Å². The molecule has 0 saturated heterocycles. The van der Waals surface area contributed by atoms with E-state index in [1.165, 1.54) is 21.9 Å². The van der Waals surface area contributed by atoms with Crippen LogP contribution in [-0.4, -0.2) is 9.67 Å². The molecule has 0 spiro atoms. The number of aryl methyl sites for hydroxylation is 2. The van der Waals surface area contributed by atoms with E-state index in [0.29, 0.717) is 0 Å². The fraction of sp³-hybridized carbons (Fsp3) is 0.500. The van der Waals surface area contributed by atoms with E-state index in [0.717, 1.165) is 51.4 Å². The highest BCUT2D eigenvalue weighted by Crippen LogP contribution is 2.26. The van der Waals surface area contributed by atoms with Crippen molar-refractivity contribution in [1.82, 2.24) is 0 Å². The molecule has 2 aromatic carbocycles. The molecule has 0 aromatic heterocycles. The molecular formula is C20H24Cl4. The molecule has 0 amide bonds. The lowest BCUT2D eigenvalue weighted by Gasteiger charge is -2.14. The highest BCUT2D eigenvalue weighted by molar-refractivity contribution is 6.44. The predicted molar refractivity (Wildman–Crippen MR) is 110 cm³/mol. The third-order valence-corrected chi connectivity index (χ3v) is 5.23. The highest BCUT2D eigenvalue weighted by atomic mass is 35.5. The number of unbranched alkanes of at least 4 members (excludes halogenated alkanes) is 2. The van der Waals surface area contributed by atoms with Gasteiger partial charge in [0.05, 0.1) is 0 Å². The van der Waals surface area contributed by atoms with E-state index in [1.54, 1.807) is 0 Å². The summed E-state index contributed by atoms with van der Waals surface area (Å²) in [6.45, 7) is 0. The third-order valence-electron chi connectivity index (χ3n) is 4.36. The normalized spacial score (nSPS) is 11.8. The van der Waals surface area contributed by atoms with Gasteiger partial charge in [-0.1, -0.05) is 49.2 Å². The highest BCUT2D eigenvalue weighted by Gasteiger charge is 2.09. The summed E-state index contributed by atoms with van der Waals surface area (Å²) in [5, 5.41) is 2.68. The second kappa shape index (κ2) is 10.8. The lowest BCUT2D eigenvalue weighted by molar-refractivity contribution is 0.687. The summed E-state index contributed by atoms with van der Waals surface area (Å²) in [7, 11) is 0. The van der Waals surface area contributed by atoms with Crippen molar-refractivity contribution < 1.29 is 0 Å². The van der Waals surface area contributed by atoms with Crippen molar-refractivity contribution in [3.8, 4) is 0 Å². The first kappa shape index (κ1) is 20.2. The van der Waals surface area contributed by atoms with Crippen LogP contribution in [0.3, 0.4) is 0 Å². The molecule has 0 bridgehead atoms. The SMILES string of the molecule is ClC(Cl)CCCCc1ccc2ccccc2c1CCCCC(Cl)Cl. The van der Waals surface area contributed by atoms with E-state index < -0.39 is 0 Å². The van der Waals surface area contributed by atoms with Gasteiger partial charge in [0.2, 0.25) is 0 Å². The Morgan fingerprint density at radius 1 is 0.667 bits per heavy atom. The summed E-state index contributed by atoms with van der Waals surface area (Å²) in [5.41, 5.74) is 2.92. The van der Waals surface area contributed by atoms with Crippen LogP contribution >= 0.6 is 46.4 Å². The molecular weight excluding hydrogens is 382 g/mol. The van der Waals surface area contributed by atoms with Gasteiger partial charge >= 0.3 is 0 Å². The number of hydrogen-bond acceptors (Lipinski definition) is 0. The van der Waals surface area contributed by atoms with Crippen molar-refractivity contribution in [2.45, 2.75) is 61.0 Å². The number of halogens is 4. The van der Waals surface area contributed by atoms with Crippen LogP contribution in [-0.2, 0) is 12.8 Å². The van der Waals surface area contributed by atoms with Gasteiger partial charge < -0.3 is 0 Å². The van der Waals surface area contributed by atoms with Crippen molar-refractivity contribution in [3.63, 3.8) is 0 Å². The minimum absolute atomic E-state index is 0.250. The van der Waals surface area contributed by atoms with E-state index in [1.807, 2.05) is 0 Å². The van der Waals surface area contributed by atoms with Gasteiger partial charge in [-0.2, -0.15) is 0 Å². The van der Waals surface area contributed by atoms with E-state index in [-0.39, 0.29) is 9.67 Å². The summed E-state index contributed by atoms with van der Waals surface area (Å²) < 4.78 is 0. The van der Waals surface area contributed by atoms with Crippen LogP contribution < -0.4 is 0 Å². The lowest BCUT2D eigenvalue weighted by atomic mass is 9.92. The molecule has 0 aliphatic heterocycles. The number of rotatable bonds is 10. The largest absolute Gasteiger partial charge is 0.107 e. The molecule has 0 nitrogen and oxygen atoms in total. The molecule has 2 rings (SSSR count). The van der Waals surface area contributed by atoms with Crippen LogP contribution in [0.4, 0.5) is 0 Å². The Bertz CT molecular complexity index is 622. The van der Waals surface area contributed by atoms with Gasteiger partial charge in [-0.3, -0.25) is 0 Å². The maximum atomic E-state index is 5.84. The lowest BCUT2D eigenvalue weighted by Crippen LogP contribution is -1.98. The molecule has 0 aliphatic carbocycles. The average molecular weight is 406 g/mol. The topological polar surface area (TPSA) is 0 Å². The van der Waals surface area contributed by atoms with Crippen molar-refractivity contribution in [2.24, 2.45) is 0 Å². The molecule has 0 radical (unpaired) electrons. The summed E-state index contributed by atoms with van der Waals surface area (Å²) in [6.07, 6.45) is 8.22. The van der Waals surface area contributed by atoms with Gasteiger partial charge in [0.25, 0.3) is 0 Å². The summed E-state index contributed by atoms with van der Waals surface area (Å²) in [6, 6.07) is 13.1. The third kappa shape index (κ3) is 6.64. The molecule has 0 atom stereocenters. The first-order valence-electron chi connectivity index (χ1n) is 8.63. The van der Waals surface area contributed by atoms with Crippen LogP contribution in [0.25, 0.3) is 10.8 Å². The van der Waals surface area contributed by atoms with Crippen LogP contribution in [0.1, 0.15) is 49.7 Å². The van der Waals surface area contributed by atoms with Crippen LogP contribution in [0, 0.1) is 0 Å². The maximum Gasteiger partial charge on any atom is 0.107 e. The van der Waals surface area contributed by atoms with Gasteiger partial charge in [-0.15, -0.1) is 46.4 Å². The summed E-state index contributed by atoms with van der Waals surface area (Å²) in [4.78, 5) is -0.504. The molecule has 0 fully saturated rings. The zero-order valence-electron chi connectivity index (χ0n) is 13.8. The van der Waals surface area contributed by atoms with Gasteiger partial charge in [0, 0.05) is 0 Å². The molecule has 24 heavy (non-hydrogen) atoms. The zero-order valence-corrected chi connectivity index (χ0v) is 16.8. The van der Waals surface area contributed by atoms with Crippen LogP contribution in [0.5, 0.6) is 0 Å². The number of hydrogen-bond donors (Lipinski definition) is 0. The molecule has 4 heteroatoms. The van der Waals surface area contributed by atoms with Crippen LogP contribution in [0.2, 0.25) is 0 Å². The predicted octanol–water partition coefficient (Wildman–Crippen LogP) is 7.87. The Hall–Kier alpha value is -0.140. The minimum Gasteiger partial charge on any atom is -0.105 e. The molecule has 2 aromatic rings. The number of benzene rings is 2. The van der Waals surface area contributed by atoms with E-state index in [2.05, 4.69) is 36.4 Å². The molecule has 132 valence electrons. The van der Waals surface area contributed by atoms with Gasteiger partial charge in [0.1, 0.15) is 9.67 Å². The van der Waals surface area contributed by atoms with E-state index in [4.69, 9.17) is 46.4 Å². The van der Waals surface area contributed by atoms with Crippen molar-refractivity contribution in [1.29, 1.82) is 0 Å². The van der Waals surface area contributed by atoms with Crippen molar-refractivity contribution >= 4 is 57.2 Å². The Kier molecular flexibility index (Phi) is 9.05. The molecule has 0 aliphatic rings. The molecule has 0 heterocycles. The average Bonchev–Trinajstić information content (AvgIpc) is 2.56. The maximum absolute atomic E-state index is 5.84. The van der Waals surface area contributed by atoms with Gasteiger partial charge in [0.15, 0.2) is 0 Å². The smallest absolute Gasteiger partial charge is 0.105 e. The number of alkyl halides is 4. The second-order valence-corrected chi connectivity index (χ2v) is 8.75. The summed E-state index contributed by atoms with van der Waals surface area (Å²) >= 11 is 23.3. The second-order valence-electron chi connectivity index (χ2n) is 6.20. The zero-order chi connectivity index (χ0) is 17.4. The Balaban J connectivity index is 2.08. The van der Waals surface area contributed by atoms with E-state index >= 15 is 0 Å². The summed E-state index contributed by atoms with van der Waals surface area (Å²) in [5.74, 6) is 0. The van der Waals surface area contributed by atoms with Gasteiger partial charge in [-0.25, -0.2) is 0 Å². The molecule has 0 unspecified atom stereocenters. The fourth-order valence-electron chi connectivity index (χ4n) is 3.13. The van der Waals surface area contributed by atoms with Crippen LogP contribution in [0.15, 0.2) is 36.4 Å². The first-order chi connectivity index (χ1) is 11.6. The molecule has 0 N–H and O–H groups in total. The monoisotopic (exact) mass is 404 g/mol. The van der Waals surface area contributed by atoms with Crippen molar-refractivity contribution in [3.05, 3.63) is 47.5 Å². The Morgan fingerprint density at radius 3 is 1.96 bits per heavy atom. The standard InChI is InChI=1S/C20H24Cl4/c21-19(22)11-5-2-8-16-14-13-15-7-1-3-9-17(15)18(16)10-4-6-12-20(23)24/h1,3,7,9,13-14,19-20H,2,4-6,8,10-12H2. The Labute approximate surface area is 165 Å². The molecule has 0 saturated carbocycles. The number of fused-ring (bicyclic) bond motifs is 1. The minimum atomic E-state index is -0.254. The fourth-order valence-corrected chi connectivity index (χ4v) is 3.74. The Morgan fingerprint density at radius 2 is 1.29 bits per heavy atom. The first-order valence-corrected chi connectivity index (χ1v) is 10.4.